The van der Waals surface area contributed by atoms with Crippen molar-refractivity contribution in [2.45, 2.75) is 38.3 Å². The second-order valence-corrected chi connectivity index (χ2v) is 8.70. The van der Waals surface area contributed by atoms with E-state index in [4.69, 9.17) is 14.5 Å². The largest absolute Gasteiger partial charge is 0.482 e. The van der Waals surface area contributed by atoms with Crippen LogP contribution in [-0.2, 0) is 9.59 Å². The van der Waals surface area contributed by atoms with Crippen LogP contribution in [0.15, 0.2) is 30.6 Å². The number of hydrogen-bond acceptors (Lipinski definition) is 6. The lowest BCUT2D eigenvalue weighted by Crippen LogP contribution is -2.26. The summed E-state index contributed by atoms with van der Waals surface area (Å²) in [4.78, 5) is 32.7. The summed E-state index contributed by atoms with van der Waals surface area (Å²) in [6.07, 6.45) is 4.38. The van der Waals surface area contributed by atoms with Gasteiger partial charge in [0, 0.05) is 30.5 Å². The molecule has 9 nitrogen and oxygen atoms in total. The smallest absolute Gasteiger partial charge is 0.262 e. The molecular weight excluding hydrogens is 410 g/mol. The predicted octanol–water partition coefficient (Wildman–Crippen LogP) is 2.67. The van der Waals surface area contributed by atoms with E-state index in [0.717, 1.165) is 29.4 Å². The highest BCUT2D eigenvalue weighted by molar-refractivity contribution is 5.96. The average molecular weight is 433 g/mol. The minimum Gasteiger partial charge on any atom is -0.482 e. The number of hydrogen-bond donors (Lipinski definition) is 2. The fourth-order valence-corrected chi connectivity index (χ4v) is 4.35. The lowest BCUT2D eigenvalue weighted by atomic mass is 10.0. The zero-order chi connectivity index (χ0) is 21.8. The maximum Gasteiger partial charge on any atom is 0.262 e. The Hall–Kier alpha value is -3.62. The van der Waals surface area contributed by atoms with E-state index in [9.17, 15) is 9.59 Å². The van der Waals surface area contributed by atoms with Gasteiger partial charge in [0.25, 0.3) is 5.91 Å². The Morgan fingerprint density at radius 1 is 1.22 bits per heavy atom. The van der Waals surface area contributed by atoms with Crippen molar-refractivity contribution < 1.29 is 19.1 Å². The van der Waals surface area contributed by atoms with Crippen LogP contribution >= 0.6 is 0 Å². The first-order valence-corrected chi connectivity index (χ1v) is 10.9. The van der Waals surface area contributed by atoms with E-state index in [-0.39, 0.29) is 30.4 Å². The van der Waals surface area contributed by atoms with E-state index in [1.54, 1.807) is 0 Å². The van der Waals surface area contributed by atoms with Gasteiger partial charge >= 0.3 is 0 Å². The lowest BCUT2D eigenvalue weighted by Gasteiger charge is -2.21. The molecule has 2 fully saturated rings. The Kier molecular flexibility index (Phi) is 4.31. The molecule has 0 spiro atoms. The van der Waals surface area contributed by atoms with Gasteiger partial charge in [-0.3, -0.25) is 9.59 Å². The van der Waals surface area contributed by atoms with Crippen LogP contribution in [0.5, 0.6) is 11.6 Å². The topological polar surface area (TPSA) is 107 Å². The van der Waals surface area contributed by atoms with E-state index in [0.29, 0.717) is 42.0 Å². The number of nitrogens with one attached hydrogen (secondary N) is 2. The molecule has 0 radical (unpaired) electrons. The Bertz CT molecular complexity index is 1250. The highest BCUT2D eigenvalue weighted by Crippen LogP contribution is 2.41. The molecule has 2 amide bonds. The normalized spacial score (nSPS) is 21.0. The number of carbonyl (C=O) groups excluding carboxylic acids is 2. The fraction of sp³-hybridized carbons (Fsp3) is 0.391. The van der Waals surface area contributed by atoms with Crippen LogP contribution in [0.4, 0.5) is 5.69 Å². The Morgan fingerprint density at radius 2 is 2.09 bits per heavy atom. The summed E-state index contributed by atoms with van der Waals surface area (Å²) in [6.45, 7) is 2.59. The van der Waals surface area contributed by atoms with Gasteiger partial charge in [-0.2, -0.15) is 0 Å². The van der Waals surface area contributed by atoms with Crippen LogP contribution in [0.3, 0.4) is 0 Å². The minimum atomic E-state index is -0.176. The van der Waals surface area contributed by atoms with Crippen molar-refractivity contribution >= 4 is 28.5 Å². The number of anilines is 1. The molecule has 164 valence electrons. The molecule has 0 unspecified atom stereocenters. The van der Waals surface area contributed by atoms with E-state index in [2.05, 4.69) is 20.2 Å². The fourth-order valence-electron chi connectivity index (χ4n) is 4.35. The highest BCUT2D eigenvalue weighted by Gasteiger charge is 2.31. The van der Waals surface area contributed by atoms with Gasteiger partial charge in [0.2, 0.25) is 11.8 Å². The van der Waals surface area contributed by atoms with E-state index in [1.807, 2.05) is 37.5 Å². The molecule has 2 N–H and O–H groups in total. The Balaban J connectivity index is 1.40. The third kappa shape index (κ3) is 3.34. The first kappa shape index (κ1) is 19.1. The molecule has 6 rings (SSSR count). The molecule has 9 heteroatoms. The number of benzene rings is 1. The minimum absolute atomic E-state index is 0.00523. The van der Waals surface area contributed by atoms with Crippen LogP contribution in [0.25, 0.3) is 22.3 Å². The second kappa shape index (κ2) is 7.22. The summed E-state index contributed by atoms with van der Waals surface area (Å²) in [5.41, 5.74) is 3.91. The molecule has 2 atom stereocenters. The first-order valence-electron chi connectivity index (χ1n) is 10.9. The maximum absolute atomic E-state index is 11.7. The number of fused-ring (bicyclic) bond motifs is 2. The van der Waals surface area contributed by atoms with Crippen molar-refractivity contribution in [2.24, 2.45) is 5.92 Å². The number of imidazole rings is 1. The van der Waals surface area contributed by atoms with Gasteiger partial charge in [-0.15, -0.1) is 0 Å². The number of amides is 2. The summed E-state index contributed by atoms with van der Waals surface area (Å²) in [5.74, 6) is 1.13. The van der Waals surface area contributed by atoms with Crippen molar-refractivity contribution in [1.29, 1.82) is 0 Å². The summed E-state index contributed by atoms with van der Waals surface area (Å²) >= 11 is 0. The number of ether oxygens (including phenoxy) is 2. The van der Waals surface area contributed by atoms with Crippen molar-refractivity contribution in [3.8, 4) is 22.9 Å². The molecule has 1 aromatic carbocycles. The summed E-state index contributed by atoms with van der Waals surface area (Å²) in [6, 6.07) is 7.96. The molecule has 2 aliphatic heterocycles. The number of carbonyl (C=O) groups is 2. The summed E-state index contributed by atoms with van der Waals surface area (Å²) in [7, 11) is 0. The van der Waals surface area contributed by atoms with Crippen LogP contribution in [0.1, 0.15) is 32.2 Å². The Labute approximate surface area is 184 Å². The quantitative estimate of drug-likeness (QED) is 0.641. The number of rotatable bonds is 5. The third-order valence-electron chi connectivity index (χ3n) is 6.34. The third-order valence-corrected chi connectivity index (χ3v) is 6.34. The monoisotopic (exact) mass is 433 g/mol. The number of nitrogens with zero attached hydrogens (tertiary/aromatic N) is 3. The standard InChI is InChI=1S/C23H23N5O4/c1-12(14-7-20(29)24-9-14)32-23-22-18(25-11-28(22)15-3-4-15)8-17(27-23)13-2-5-16-19(6-13)31-10-21(30)26-16/h2,5-6,8,11-12,14-15H,3-4,7,9-10H2,1H3,(H,24,29)(H,26,30)/t12-,14-/m1/s1. The zero-order valence-corrected chi connectivity index (χ0v) is 17.6. The molecule has 32 heavy (non-hydrogen) atoms. The molecule has 1 saturated heterocycles. The molecule has 0 bridgehead atoms. The highest BCUT2D eigenvalue weighted by atomic mass is 16.5. The molecular formula is C23H23N5O4. The molecule has 1 aliphatic carbocycles. The molecule has 3 aliphatic rings. The van der Waals surface area contributed by atoms with Crippen LogP contribution < -0.4 is 20.1 Å². The van der Waals surface area contributed by atoms with Crippen molar-refractivity contribution in [2.75, 3.05) is 18.5 Å². The van der Waals surface area contributed by atoms with E-state index >= 15 is 0 Å². The lowest BCUT2D eigenvalue weighted by molar-refractivity contribution is -0.120. The maximum atomic E-state index is 11.7. The first-order chi connectivity index (χ1) is 15.5. The van der Waals surface area contributed by atoms with Gasteiger partial charge in [0.05, 0.1) is 23.2 Å². The number of aromatic nitrogens is 3. The van der Waals surface area contributed by atoms with Crippen molar-refractivity contribution in [1.82, 2.24) is 19.9 Å². The second-order valence-electron chi connectivity index (χ2n) is 8.70. The number of pyridine rings is 1. The van der Waals surface area contributed by atoms with Gasteiger partial charge in [-0.1, -0.05) is 6.07 Å². The van der Waals surface area contributed by atoms with Crippen molar-refractivity contribution in [3.63, 3.8) is 0 Å². The molecule has 4 heterocycles. The zero-order valence-electron chi connectivity index (χ0n) is 17.6. The summed E-state index contributed by atoms with van der Waals surface area (Å²) in [5, 5.41) is 5.68. The van der Waals surface area contributed by atoms with Crippen LogP contribution in [0, 0.1) is 5.92 Å². The Morgan fingerprint density at radius 3 is 2.88 bits per heavy atom. The van der Waals surface area contributed by atoms with Gasteiger partial charge in [-0.25, -0.2) is 9.97 Å². The van der Waals surface area contributed by atoms with Gasteiger partial charge < -0.3 is 24.7 Å². The van der Waals surface area contributed by atoms with Crippen LogP contribution in [0.2, 0.25) is 0 Å². The summed E-state index contributed by atoms with van der Waals surface area (Å²) < 4.78 is 14.1. The van der Waals surface area contributed by atoms with E-state index in [1.165, 1.54) is 0 Å². The molecule has 3 aromatic rings. The van der Waals surface area contributed by atoms with Gasteiger partial charge in [0.1, 0.15) is 17.4 Å². The predicted molar refractivity (Wildman–Crippen MR) is 117 cm³/mol. The van der Waals surface area contributed by atoms with Gasteiger partial charge in [0.15, 0.2) is 6.61 Å². The molecule has 2 aromatic heterocycles. The van der Waals surface area contributed by atoms with E-state index < -0.39 is 0 Å². The van der Waals surface area contributed by atoms with Gasteiger partial charge in [-0.05, 0) is 38.0 Å². The van der Waals surface area contributed by atoms with Crippen LogP contribution in [-0.4, -0.2) is 45.6 Å². The van der Waals surface area contributed by atoms with Crippen molar-refractivity contribution in [3.05, 3.63) is 30.6 Å². The molecule has 1 saturated carbocycles. The SMILES string of the molecule is C[C@@H](Oc1nc(-c2ccc3c(c2)OCC(=O)N3)cc2ncn(C3CC3)c12)[C@H]1CNC(=O)C1. The average Bonchev–Trinajstić information content (AvgIpc) is 3.39.